The van der Waals surface area contributed by atoms with Crippen LogP contribution in [0.5, 0.6) is 5.88 Å². The number of ether oxygens (including phenoxy) is 2. The smallest absolute Gasteiger partial charge is 0.355 e. The number of pyridine rings is 1. The minimum atomic E-state index is -0.340. The van der Waals surface area contributed by atoms with Crippen LogP contribution in [0.1, 0.15) is 50.7 Å². The van der Waals surface area contributed by atoms with Crippen molar-refractivity contribution in [3.8, 4) is 17.0 Å². The number of nitrogens with one attached hydrogen (secondary N) is 1. The normalized spacial score (nSPS) is 9.00. The van der Waals surface area contributed by atoms with Crippen LogP contribution in [0.3, 0.4) is 0 Å². The molecule has 0 spiro atoms. The quantitative estimate of drug-likeness (QED) is 0.835. The van der Waals surface area contributed by atoms with Gasteiger partial charge < -0.3 is 14.5 Å². The van der Waals surface area contributed by atoms with Gasteiger partial charge in [0.05, 0.1) is 13.7 Å². The Labute approximate surface area is 139 Å². The van der Waals surface area contributed by atoms with Gasteiger partial charge >= 0.3 is 5.97 Å². The van der Waals surface area contributed by atoms with Crippen LogP contribution in [-0.2, 0) is 4.74 Å². The van der Waals surface area contributed by atoms with Gasteiger partial charge in [-0.2, -0.15) is 0 Å². The lowest BCUT2D eigenvalue weighted by molar-refractivity contribution is 0.0519. The molecule has 0 saturated carbocycles. The van der Waals surface area contributed by atoms with E-state index in [1.54, 1.807) is 26.4 Å². The summed E-state index contributed by atoms with van der Waals surface area (Å²) in [5, 5.41) is 0. The van der Waals surface area contributed by atoms with Gasteiger partial charge in [0.25, 0.3) is 0 Å². The molecule has 0 aliphatic heterocycles. The molecule has 0 aliphatic rings. The molecule has 1 N–H and O–H groups in total. The van der Waals surface area contributed by atoms with Gasteiger partial charge in [0.1, 0.15) is 5.69 Å². The van der Waals surface area contributed by atoms with Crippen LogP contribution >= 0.6 is 0 Å². The Morgan fingerprint density at radius 1 is 1.26 bits per heavy atom. The minimum Gasteiger partial charge on any atom is -0.481 e. The lowest BCUT2D eigenvalue weighted by Gasteiger charge is -2.04. The average molecular weight is 320 g/mol. The van der Waals surface area contributed by atoms with Gasteiger partial charge in [-0.25, -0.2) is 9.78 Å². The number of rotatable bonds is 4. The number of methoxy groups -OCH3 is 1. The number of H-pyrrole nitrogens is 1. The third kappa shape index (κ3) is 5.43. The van der Waals surface area contributed by atoms with Gasteiger partial charge in [-0.05, 0) is 31.0 Å². The highest BCUT2D eigenvalue weighted by Crippen LogP contribution is 2.27. The molecule has 2 rings (SSSR count). The molecular weight excluding hydrogens is 292 g/mol. The third-order valence-electron chi connectivity index (χ3n) is 2.87. The predicted octanol–water partition coefficient (Wildman–Crippen LogP) is 4.62. The third-order valence-corrected chi connectivity index (χ3v) is 2.87. The lowest BCUT2D eigenvalue weighted by atomic mass is 10.1. The van der Waals surface area contributed by atoms with Gasteiger partial charge in [-0.3, -0.25) is 0 Å². The molecule has 0 amide bonds. The molecule has 0 atom stereocenters. The fourth-order valence-corrected chi connectivity index (χ4v) is 1.90. The molecule has 128 valence electrons. The van der Waals surface area contributed by atoms with E-state index < -0.39 is 0 Å². The monoisotopic (exact) mass is 320 g/mol. The zero-order valence-corrected chi connectivity index (χ0v) is 15.2. The highest BCUT2D eigenvalue weighted by atomic mass is 16.5. The van der Waals surface area contributed by atoms with Gasteiger partial charge in [0, 0.05) is 24.0 Å². The topological polar surface area (TPSA) is 64.2 Å². The first-order valence-corrected chi connectivity index (χ1v) is 8.02. The summed E-state index contributed by atoms with van der Waals surface area (Å²) in [5.74, 6) is 0.197. The predicted molar refractivity (Wildman–Crippen MR) is 94.0 cm³/mol. The van der Waals surface area contributed by atoms with E-state index in [0.29, 0.717) is 18.2 Å². The van der Waals surface area contributed by atoms with Crippen molar-refractivity contribution in [2.24, 2.45) is 0 Å². The Morgan fingerprint density at radius 3 is 2.48 bits per heavy atom. The standard InChI is InChI=1S/C14H16N2O3.2C2H6/c1-4-19-14(17)13-9(2)11(8-16-13)10-5-6-15-12(7-10)18-3;2*1-2/h5-8,16H,4H2,1-3H3;2*1-2H3. The van der Waals surface area contributed by atoms with Crippen molar-refractivity contribution in [1.82, 2.24) is 9.97 Å². The average Bonchev–Trinajstić information content (AvgIpc) is 3.00. The highest BCUT2D eigenvalue weighted by molar-refractivity contribution is 5.92. The minimum absolute atomic E-state index is 0.340. The molecule has 0 saturated heterocycles. The maximum Gasteiger partial charge on any atom is 0.355 e. The van der Waals surface area contributed by atoms with E-state index in [9.17, 15) is 4.79 Å². The largest absolute Gasteiger partial charge is 0.481 e. The van der Waals surface area contributed by atoms with Crippen LogP contribution in [0, 0.1) is 6.92 Å². The molecule has 0 aromatic carbocycles. The van der Waals surface area contributed by atoms with E-state index in [-0.39, 0.29) is 5.97 Å². The van der Waals surface area contributed by atoms with Gasteiger partial charge in [-0.15, -0.1) is 0 Å². The van der Waals surface area contributed by atoms with Crippen molar-refractivity contribution >= 4 is 5.97 Å². The van der Waals surface area contributed by atoms with Gasteiger partial charge in [0.2, 0.25) is 5.88 Å². The van der Waals surface area contributed by atoms with Crippen molar-refractivity contribution in [2.75, 3.05) is 13.7 Å². The Balaban J connectivity index is 0.00000112. The van der Waals surface area contributed by atoms with Crippen LogP contribution in [0.2, 0.25) is 0 Å². The van der Waals surface area contributed by atoms with Crippen molar-refractivity contribution in [2.45, 2.75) is 41.5 Å². The van der Waals surface area contributed by atoms with Crippen LogP contribution in [0.25, 0.3) is 11.1 Å². The molecule has 5 nitrogen and oxygen atoms in total. The number of aromatic amines is 1. The summed E-state index contributed by atoms with van der Waals surface area (Å²) in [4.78, 5) is 18.8. The second-order valence-electron chi connectivity index (χ2n) is 4.01. The Bertz CT molecular complexity index is 592. The lowest BCUT2D eigenvalue weighted by Crippen LogP contribution is -2.06. The maximum atomic E-state index is 11.7. The molecule has 0 fully saturated rings. The van der Waals surface area contributed by atoms with Crippen molar-refractivity contribution < 1.29 is 14.3 Å². The summed E-state index contributed by atoms with van der Waals surface area (Å²) in [6, 6.07) is 3.69. The number of hydrogen-bond acceptors (Lipinski definition) is 4. The molecule has 0 unspecified atom stereocenters. The van der Waals surface area contributed by atoms with Crippen molar-refractivity contribution in [3.05, 3.63) is 35.8 Å². The number of esters is 1. The fraction of sp³-hybridized carbons (Fsp3) is 0.444. The van der Waals surface area contributed by atoms with E-state index in [1.165, 1.54) is 0 Å². The summed E-state index contributed by atoms with van der Waals surface area (Å²) in [5.41, 5.74) is 3.21. The fourth-order valence-electron chi connectivity index (χ4n) is 1.90. The Morgan fingerprint density at radius 2 is 1.91 bits per heavy atom. The number of hydrogen-bond donors (Lipinski definition) is 1. The molecular formula is C18H28N2O3. The zero-order valence-electron chi connectivity index (χ0n) is 15.2. The van der Waals surface area contributed by atoms with Crippen molar-refractivity contribution in [3.63, 3.8) is 0 Å². The molecule has 23 heavy (non-hydrogen) atoms. The van der Waals surface area contributed by atoms with Gasteiger partial charge in [-0.1, -0.05) is 27.7 Å². The summed E-state index contributed by atoms with van der Waals surface area (Å²) in [7, 11) is 1.57. The molecule has 0 aliphatic carbocycles. The van der Waals surface area contributed by atoms with Crippen LogP contribution in [-0.4, -0.2) is 29.7 Å². The van der Waals surface area contributed by atoms with Crippen LogP contribution in [0.15, 0.2) is 24.5 Å². The molecule has 2 aromatic heterocycles. The maximum absolute atomic E-state index is 11.7. The Hall–Kier alpha value is -2.30. The molecule has 2 heterocycles. The molecule has 5 heteroatoms. The first-order chi connectivity index (χ1) is 11.2. The highest BCUT2D eigenvalue weighted by Gasteiger charge is 2.16. The summed E-state index contributed by atoms with van der Waals surface area (Å²) >= 11 is 0. The van der Waals surface area contributed by atoms with E-state index in [4.69, 9.17) is 9.47 Å². The molecule has 0 radical (unpaired) electrons. The molecule has 2 aromatic rings. The number of aromatic nitrogens is 2. The SMILES string of the molecule is CC.CC.CCOC(=O)c1[nH]cc(-c2ccnc(OC)c2)c1C. The first-order valence-electron chi connectivity index (χ1n) is 8.02. The van der Waals surface area contributed by atoms with Crippen molar-refractivity contribution in [1.29, 1.82) is 0 Å². The summed E-state index contributed by atoms with van der Waals surface area (Å²) in [6.07, 6.45) is 3.46. The van der Waals surface area contributed by atoms with E-state index in [0.717, 1.165) is 16.7 Å². The van der Waals surface area contributed by atoms with Gasteiger partial charge in [0.15, 0.2) is 0 Å². The van der Waals surface area contributed by atoms with E-state index >= 15 is 0 Å². The second-order valence-corrected chi connectivity index (χ2v) is 4.01. The zero-order chi connectivity index (χ0) is 17.8. The summed E-state index contributed by atoms with van der Waals surface area (Å²) < 4.78 is 10.1. The number of carbonyl (C=O) groups excluding carboxylic acids is 1. The van der Waals surface area contributed by atoms with E-state index in [2.05, 4.69) is 9.97 Å². The van der Waals surface area contributed by atoms with E-state index in [1.807, 2.05) is 46.8 Å². The first kappa shape index (κ1) is 20.7. The number of nitrogens with zero attached hydrogens (tertiary/aromatic N) is 1. The van der Waals surface area contributed by atoms with Crippen LogP contribution < -0.4 is 4.74 Å². The van der Waals surface area contributed by atoms with Crippen LogP contribution in [0.4, 0.5) is 0 Å². The Kier molecular flexibility index (Phi) is 10.2. The summed E-state index contributed by atoms with van der Waals surface area (Å²) in [6.45, 7) is 12.0. The molecule has 0 bridgehead atoms. The number of carbonyl (C=O) groups is 1. The second kappa shape index (κ2) is 11.3.